The van der Waals surface area contributed by atoms with Crippen LogP contribution in [0.5, 0.6) is 0 Å². The average Bonchev–Trinajstić information content (AvgIpc) is 2.83. The van der Waals surface area contributed by atoms with Crippen LogP contribution in [0.3, 0.4) is 0 Å². The fourth-order valence-corrected chi connectivity index (χ4v) is 3.19. The summed E-state index contributed by atoms with van der Waals surface area (Å²) >= 11 is 11.8. The summed E-state index contributed by atoms with van der Waals surface area (Å²) in [5.74, 6) is -1.03. The molecule has 0 heterocycles. The summed E-state index contributed by atoms with van der Waals surface area (Å²) in [5.41, 5.74) is -0.687. The highest BCUT2D eigenvalue weighted by Crippen LogP contribution is 2.64. The zero-order valence-corrected chi connectivity index (χ0v) is 11.3. The van der Waals surface area contributed by atoms with Gasteiger partial charge in [0.1, 0.15) is 9.75 Å². The molecule has 0 aromatic heterocycles. The second-order valence-corrected chi connectivity index (χ2v) is 6.93. The topological polar surface area (TPSA) is 54.4 Å². The van der Waals surface area contributed by atoms with Crippen molar-refractivity contribution in [2.24, 2.45) is 0 Å². The van der Waals surface area contributed by atoms with Crippen molar-refractivity contribution < 1.29 is 14.1 Å². The average molecular weight is 293 g/mol. The summed E-state index contributed by atoms with van der Waals surface area (Å²) in [4.78, 5) is 11.9. The van der Waals surface area contributed by atoms with Gasteiger partial charge in [-0.05, 0) is 17.7 Å². The maximum absolute atomic E-state index is 11.3. The van der Waals surface area contributed by atoms with Gasteiger partial charge in [0.25, 0.3) is 0 Å². The zero-order chi connectivity index (χ0) is 12.8. The zero-order valence-electron chi connectivity index (χ0n) is 8.94. The molecule has 0 bridgehead atoms. The van der Waals surface area contributed by atoms with Crippen molar-refractivity contribution in [2.75, 3.05) is 6.26 Å². The van der Waals surface area contributed by atoms with Crippen LogP contribution in [0.15, 0.2) is 29.2 Å². The van der Waals surface area contributed by atoms with Crippen LogP contribution in [0.4, 0.5) is 0 Å². The number of hydrogen-bond donors (Lipinski definition) is 1. The molecule has 3 nitrogen and oxygen atoms in total. The Bertz CT molecular complexity index is 498. The van der Waals surface area contributed by atoms with Crippen molar-refractivity contribution in [1.29, 1.82) is 0 Å². The third-order valence-corrected chi connectivity index (χ3v) is 4.88. The SMILES string of the molecule is CS(=O)c1ccc(C2(C(=O)O)CC2(Cl)Cl)cc1. The second-order valence-electron chi connectivity index (χ2n) is 4.07. The van der Waals surface area contributed by atoms with Gasteiger partial charge in [-0.3, -0.25) is 9.00 Å². The normalized spacial score (nSPS) is 27.5. The van der Waals surface area contributed by atoms with E-state index < -0.39 is 26.5 Å². The van der Waals surface area contributed by atoms with Crippen LogP contribution in [0.25, 0.3) is 0 Å². The Morgan fingerprint density at radius 3 is 2.12 bits per heavy atom. The number of aliphatic carboxylic acids is 1. The van der Waals surface area contributed by atoms with E-state index in [9.17, 15) is 14.1 Å². The van der Waals surface area contributed by atoms with Crippen LogP contribution in [0.1, 0.15) is 12.0 Å². The van der Waals surface area contributed by atoms with Gasteiger partial charge in [-0.2, -0.15) is 0 Å². The second kappa shape index (κ2) is 3.97. The number of carboxylic acid groups (broad SMARTS) is 1. The molecule has 1 aliphatic carbocycles. The molecule has 2 atom stereocenters. The maximum atomic E-state index is 11.3. The molecular weight excluding hydrogens is 283 g/mol. The van der Waals surface area contributed by atoms with Gasteiger partial charge in [0, 0.05) is 28.4 Å². The molecule has 0 radical (unpaired) electrons. The van der Waals surface area contributed by atoms with Crippen LogP contribution in [-0.2, 0) is 21.0 Å². The van der Waals surface area contributed by atoms with Crippen molar-refractivity contribution in [3.8, 4) is 0 Å². The maximum Gasteiger partial charge on any atom is 0.317 e. The quantitative estimate of drug-likeness (QED) is 0.870. The fraction of sp³-hybridized carbons (Fsp3) is 0.364. The first kappa shape index (κ1) is 12.9. The van der Waals surface area contributed by atoms with Crippen molar-refractivity contribution >= 4 is 40.0 Å². The molecular formula is C11H10Cl2O3S. The monoisotopic (exact) mass is 292 g/mol. The summed E-state index contributed by atoms with van der Waals surface area (Å²) in [6.45, 7) is 0. The molecule has 1 fully saturated rings. The van der Waals surface area contributed by atoms with Crippen LogP contribution >= 0.6 is 23.2 Å². The summed E-state index contributed by atoms with van der Waals surface area (Å²) in [6, 6.07) is 6.52. The molecule has 17 heavy (non-hydrogen) atoms. The Hall–Kier alpha value is -0.580. The van der Waals surface area contributed by atoms with Crippen LogP contribution < -0.4 is 0 Å². The van der Waals surface area contributed by atoms with Gasteiger partial charge in [-0.15, -0.1) is 0 Å². The molecule has 6 heteroatoms. The van der Waals surface area contributed by atoms with Gasteiger partial charge >= 0.3 is 5.97 Å². The fourth-order valence-electron chi connectivity index (χ4n) is 1.89. The standard InChI is InChI=1S/C11H10Cl2O3S/c1-17(16)8-4-2-7(3-5-8)10(9(14)15)6-11(10,12)13/h2-5H,6H2,1H3,(H,14,15). The van der Waals surface area contributed by atoms with Gasteiger partial charge in [0.15, 0.2) is 0 Å². The number of benzene rings is 1. The third-order valence-electron chi connectivity index (χ3n) is 3.03. The van der Waals surface area contributed by atoms with E-state index in [1.54, 1.807) is 30.5 Å². The van der Waals surface area contributed by atoms with E-state index in [-0.39, 0.29) is 6.42 Å². The molecule has 0 saturated heterocycles. The van der Waals surface area contributed by atoms with Crippen LogP contribution in [0.2, 0.25) is 0 Å². The first-order valence-electron chi connectivity index (χ1n) is 4.86. The van der Waals surface area contributed by atoms with E-state index in [0.717, 1.165) is 0 Å². The van der Waals surface area contributed by atoms with Gasteiger partial charge in [-0.1, -0.05) is 35.3 Å². The molecule has 2 rings (SSSR count). The lowest BCUT2D eigenvalue weighted by Gasteiger charge is -2.13. The predicted octanol–water partition coefficient (Wildman–Crippen LogP) is 2.32. The Morgan fingerprint density at radius 1 is 1.35 bits per heavy atom. The Balaban J connectivity index is 2.41. The van der Waals surface area contributed by atoms with Gasteiger partial charge in [0.2, 0.25) is 0 Å². The number of halogens is 2. The summed E-state index contributed by atoms with van der Waals surface area (Å²) in [5, 5.41) is 9.24. The minimum atomic E-state index is -1.26. The molecule has 1 aliphatic rings. The van der Waals surface area contributed by atoms with Gasteiger partial charge < -0.3 is 5.11 Å². The lowest BCUT2D eigenvalue weighted by atomic mass is 9.96. The Morgan fingerprint density at radius 2 is 1.82 bits per heavy atom. The minimum Gasteiger partial charge on any atom is -0.480 e. The van der Waals surface area contributed by atoms with E-state index in [0.29, 0.717) is 10.5 Å². The van der Waals surface area contributed by atoms with E-state index >= 15 is 0 Å². The van der Waals surface area contributed by atoms with E-state index in [4.69, 9.17) is 23.2 Å². The molecule has 0 amide bonds. The van der Waals surface area contributed by atoms with Gasteiger partial charge in [-0.25, -0.2) is 0 Å². The van der Waals surface area contributed by atoms with E-state index in [1.807, 2.05) is 0 Å². The third kappa shape index (κ3) is 1.88. The lowest BCUT2D eigenvalue weighted by Crippen LogP contribution is -2.26. The lowest BCUT2D eigenvalue weighted by molar-refractivity contribution is -0.140. The molecule has 0 aliphatic heterocycles. The molecule has 1 saturated carbocycles. The molecule has 1 N–H and O–H groups in total. The molecule has 1 aromatic carbocycles. The molecule has 0 spiro atoms. The largest absolute Gasteiger partial charge is 0.480 e. The number of carboxylic acids is 1. The highest BCUT2D eigenvalue weighted by Gasteiger charge is 2.72. The first-order valence-corrected chi connectivity index (χ1v) is 7.18. The number of alkyl halides is 2. The highest BCUT2D eigenvalue weighted by molar-refractivity contribution is 7.84. The predicted molar refractivity (Wildman–Crippen MR) is 67.1 cm³/mol. The Labute approximate surface area is 111 Å². The summed E-state index contributed by atoms with van der Waals surface area (Å²) in [7, 11) is -1.09. The summed E-state index contributed by atoms with van der Waals surface area (Å²) < 4.78 is 9.97. The van der Waals surface area contributed by atoms with E-state index in [1.165, 1.54) is 0 Å². The van der Waals surface area contributed by atoms with Crippen LogP contribution in [0, 0.1) is 0 Å². The van der Waals surface area contributed by atoms with Crippen molar-refractivity contribution in [3.05, 3.63) is 29.8 Å². The van der Waals surface area contributed by atoms with Crippen LogP contribution in [-0.4, -0.2) is 25.9 Å². The molecule has 92 valence electrons. The number of rotatable bonds is 3. The number of hydrogen-bond acceptors (Lipinski definition) is 2. The first-order chi connectivity index (χ1) is 7.81. The summed E-state index contributed by atoms with van der Waals surface area (Å²) in [6.07, 6.45) is 1.75. The highest BCUT2D eigenvalue weighted by atomic mass is 35.5. The van der Waals surface area contributed by atoms with Crippen molar-refractivity contribution in [2.45, 2.75) is 21.1 Å². The Kier molecular flexibility index (Phi) is 3.00. The van der Waals surface area contributed by atoms with Gasteiger partial charge in [0.05, 0.1) is 0 Å². The minimum absolute atomic E-state index is 0.188. The molecule has 1 aromatic rings. The van der Waals surface area contributed by atoms with E-state index in [2.05, 4.69) is 0 Å². The number of carbonyl (C=O) groups is 1. The van der Waals surface area contributed by atoms with Crippen molar-refractivity contribution in [3.63, 3.8) is 0 Å². The van der Waals surface area contributed by atoms with Crippen molar-refractivity contribution in [1.82, 2.24) is 0 Å². The smallest absolute Gasteiger partial charge is 0.317 e. The molecule has 2 unspecified atom stereocenters.